The van der Waals surface area contributed by atoms with Gasteiger partial charge in [-0.25, -0.2) is 0 Å². The molecule has 0 radical (unpaired) electrons. The third kappa shape index (κ3) is 7.02. The van der Waals surface area contributed by atoms with Crippen molar-refractivity contribution in [2.75, 3.05) is 9.80 Å². The normalized spacial score (nSPS) is 19.7. The Hall–Kier alpha value is -5.22. The molecule has 1 aromatic heterocycles. The highest BCUT2D eigenvalue weighted by Gasteiger charge is 2.49. The van der Waals surface area contributed by atoms with Gasteiger partial charge in [0, 0.05) is 33.7 Å². The van der Waals surface area contributed by atoms with E-state index in [1.807, 2.05) is 0 Å². The molecule has 5 aromatic carbocycles. The Balaban J connectivity index is 1.28. The van der Waals surface area contributed by atoms with Crippen LogP contribution in [0.3, 0.4) is 0 Å². The molecule has 0 N–H and O–H groups in total. The van der Waals surface area contributed by atoms with Crippen LogP contribution in [0.15, 0.2) is 101 Å². The molecule has 11 rings (SSSR count). The highest BCUT2D eigenvalue weighted by molar-refractivity contribution is 7.00. The Bertz CT molecular complexity index is 3240. The lowest BCUT2D eigenvalue weighted by Gasteiger charge is -2.45. The molecule has 69 heavy (non-hydrogen) atoms. The van der Waals surface area contributed by atoms with Gasteiger partial charge in [0.2, 0.25) is 0 Å². The number of nitrogens with zero attached hydrogens (tertiary/aromatic N) is 2. The first-order valence-electron chi connectivity index (χ1n) is 26.4. The van der Waals surface area contributed by atoms with Crippen LogP contribution >= 0.6 is 0 Å². The van der Waals surface area contributed by atoms with E-state index in [1.54, 1.807) is 0 Å². The Kier molecular flexibility index (Phi) is 9.98. The molecule has 0 atom stereocenters. The smallest absolute Gasteiger partial charge is 0.297 e. The number of anilines is 6. The highest BCUT2D eigenvalue weighted by Crippen LogP contribution is 2.54. The first kappa shape index (κ1) is 46.2. The summed E-state index contributed by atoms with van der Waals surface area (Å²) in [7, 11) is 0. The summed E-state index contributed by atoms with van der Waals surface area (Å²) in [5.41, 5.74) is 27.6. The molecule has 0 fully saturated rings. The van der Waals surface area contributed by atoms with Crippen molar-refractivity contribution in [3.63, 3.8) is 0 Å². The lowest BCUT2D eigenvalue weighted by Crippen LogP contribution is -2.61. The van der Waals surface area contributed by atoms with Gasteiger partial charge in [-0.05, 0) is 207 Å². The minimum absolute atomic E-state index is 0.0104. The summed E-state index contributed by atoms with van der Waals surface area (Å²) in [6.07, 6.45) is 9.31. The van der Waals surface area contributed by atoms with Crippen LogP contribution in [-0.2, 0) is 32.5 Å². The molecule has 356 valence electrons. The molecule has 0 spiro atoms. The summed E-state index contributed by atoms with van der Waals surface area (Å²) in [4.78, 5) is 5.30. The van der Waals surface area contributed by atoms with Crippen molar-refractivity contribution in [2.45, 2.75) is 189 Å². The van der Waals surface area contributed by atoms with Gasteiger partial charge in [-0.1, -0.05) is 133 Å². The van der Waals surface area contributed by atoms with Crippen LogP contribution in [0.25, 0.3) is 16.5 Å². The molecule has 5 aliphatic rings. The quantitative estimate of drug-likeness (QED) is 0.165. The second-order valence-electron chi connectivity index (χ2n) is 26.9. The molecule has 0 unspecified atom stereocenters. The van der Waals surface area contributed by atoms with Crippen molar-refractivity contribution in [2.24, 2.45) is 0 Å². The van der Waals surface area contributed by atoms with E-state index in [9.17, 15) is 0 Å². The minimum atomic E-state index is -0.122. The van der Waals surface area contributed by atoms with E-state index in [0.29, 0.717) is 0 Å². The second kappa shape index (κ2) is 14.9. The standard InChI is InChI=1S/C65H77BN2O/c1-38-31-53-57-54(32-38)68(51-25-21-41(60(4,5)6)33-44(51)56-39(2)19-18-20-40(56)3)52-26-22-42(61(7,8)9)34-50(52)66(57)59-58(45-36-48-49(37-55(45)69-59)65(16,17)30-29-64(48,14)15)67(53)43-23-24-46-47(35-43)63(12,13)28-27-62(46,10)11/h19,21-26,31-37H,18,20,27-30H2,1-17H3. The summed E-state index contributed by atoms with van der Waals surface area (Å²) < 4.78 is 7.68. The fourth-order valence-electron chi connectivity index (χ4n) is 13.3. The molecule has 0 bridgehead atoms. The van der Waals surface area contributed by atoms with E-state index in [2.05, 4.69) is 212 Å². The summed E-state index contributed by atoms with van der Waals surface area (Å²) in [6.45, 7) is 40.6. The number of furan rings is 1. The van der Waals surface area contributed by atoms with Gasteiger partial charge in [-0.2, -0.15) is 0 Å². The SMILES string of the molecule is CC1=CCCC(C)=C1c1cc(C(C)(C)C)ccc1N1c2ccc(C(C)(C)C)cc2B2c3oc4cc5c(cc4c3N(c3ccc4c(c3)C(C)(C)CCC4(C)C)c3cc(C)cc1c32)C(C)(C)CCC5(C)C. The average Bonchev–Trinajstić information content (AvgIpc) is 3.64. The van der Waals surface area contributed by atoms with Crippen molar-refractivity contribution < 1.29 is 4.42 Å². The number of hydrogen-bond donors (Lipinski definition) is 0. The third-order valence-electron chi connectivity index (χ3n) is 17.9. The maximum Gasteiger partial charge on any atom is 0.297 e. The predicted octanol–water partition coefficient (Wildman–Crippen LogP) is 16.6. The summed E-state index contributed by atoms with van der Waals surface area (Å²) in [5, 5.41) is 1.22. The van der Waals surface area contributed by atoms with Gasteiger partial charge in [0.1, 0.15) is 5.58 Å². The fourth-order valence-corrected chi connectivity index (χ4v) is 13.3. The molecule has 0 amide bonds. The van der Waals surface area contributed by atoms with Crippen molar-refractivity contribution in [3.05, 3.63) is 141 Å². The van der Waals surface area contributed by atoms with Crippen LogP contribution in [0.5, 0.6) is 0 Å². The number of fused-ring (bicyclic) bond motifs is 8. The summed E-state index contributed by atoms with van der Waals surface area (Å²) in [5.74, 6) is 0. The van der Waals surface area contributed by atoms with E-state index < -0.39 is 0 Å². The molecule has 3 aliphatic carbocycles. The molecule has 2 aliphatic heterocycles. The number of benzene rings is 5. The fraction of sp³-hybridized carbons (Fsp3) is 0.446. The van der Waals surface area contributed by atoms with Gasteiger partial charge < -0.3 is 14.2 Å². The summed E-state index contributed by atoms with van der Waals surface area (Å²) in [6, 6.07) is 32.2. The molecule has 3 heterocycles. The number of hydrogen-bond acceptors (Lipinski definition) is 3. The lowest BCUT2D eigenvalue weighted by atomic mass is 9.35. The largest absolute Gasteiger partial charge is 0.468 e. The van der Waals surface area contributed by atoms with Crippen LogP contribution in [0.2, 0.25) is 0 Å². The van der Waals surface area contributed by atoms with Gasteiger partial charge >= 0.3 is 0 Å². The lowest BCUT2D eigenvalue weighted by molar-refractivity contribution is 0.332. The van der Waals surface area contributed by atoms with Gasteiger partial charge in [0.25, 0.3) is 6.71 Å². The molecular weight excluding hydrogens is 836 g/mol. The van der Waals surface area contributed by atoms with Crippen LogP contribution in [-0.4, -0.2) is 6.71 Å². The van der Waals surface area contributed by atoms with E-state index in [-0.39, 0.29) is 39.2 Å². The van der Waals surface area contributed by atoms with Crippen molar-refractivity contribution in [3.8, 4) is 0 Å². The van der Waals surface area contributed by atoms with Crippen molar-refractivity contribution >= 4 is 74.0 Å². The maximum atomic E-state index is 7.68. The Morgan fingerprint density at radius 3 is 1.71 bits per heavy atom. The zero-order chi connectivity index (χ0) is 49.3. The molecule has 0 saturated heterocycles. The Morgan fingerprint density at radius 2 is 1.10 bits per heavy atom. The van der Waals surface area contributed by atoms with Crippen LogP contribution in [0.4, 0.5) is 34.1 Å². The van der Waals surface area contributed by atoms with Gasteiger partial charge in [0.15, 0.2) is 0 Å². The van der Waals surface area contributed by atoms with Gasteiger partial charge in [0.05, 0.1) is 17.0 Å². The van der Waals surface area contributed by atoms with Crippen molar-refractivity contribution in [1.29, 1.82) is 0 Å². The Morgan fingerprint density at radius 1 is 0.551 bits per heavy atom. The first-order valence-corrected chi connectivity index (χ1v) is 26.4. The van der Waals surface area contributed by atoms with Gasteiger partial charge in [-0.15, -0.1) is 0 Å². The number of rotatable bonds is 3. The monoisotopic (exact) mass is 913 g/mol. The van der Waals surface area contributed by atoms with Gasteiger partial charge in [-0.3, -0.25) is 0 Å². The maximum absolute atomic E-state index is 7.68. The minimum Gasteiger partial charge on any atom is -0.468 e. The molecule has 4 heteroatoms. The average molecular weight is 913 g/mol. The van der Waals surface area contributed by atoms with E-state index in [0.717, 1.165) is 43.3 Å². The molecule has 6 aromatic rings. The zero-order valence-electron chi connectivity index (χ0n) is 45.2. The summed E-state index contributed by atoms with van der Waals surface area (Å²) >= 11 is 0. The molecule has 3 nitrogen and oxygen atoms in total. The van der Waals surface area contributed by atoms with Crippen LogP contribution in [0.1, 0.15) is 194 Å². The van der Waals surface area contributed by atoms with Crippen molar-refractivity contribution in [1.82, 2.24) is 0 Å². The van der Waals surface area contributed by atoms with E-state index in [4.69, 9.17) is 4.42 Å². The first-order chi connectivity index (χ1) is 32.2. The van der Waals surface area contributed by atoms with Crippen LogP contribution < -0.4 is 26.4 Å². The predicted molar refractivity (Wildman–Crippen MR) is 299 cm³/mol. The van der Waals surface area contributed by atoms with E-state index >= 15 is 0 Å². The number of allylic oxidation sites excluding steroid dienone is 4. The van der Waals surface area contributed by atoms with Crippen LogP contribution in [0, 0.1) is 6.92 Å². The third-order valence-corrected chi connectivity index (χ3v) is 17.9. The second-order valence-corrected chi connectivity index (χ2v) is 26.9. The molecule has 0 saturated carbocycles. The highest BCUT2D eigenvalue weighted by atomic mass is 16.3. The van der Waals surface area contributed by atoms with E-state index in [1.165, 1.54) is 118 Å². The number of aryl methyl sites for hydroxylation is 1. The Labute approximate surface area is 415 Å². The molecular formula is C65H77BN2O. The topological polar surface area (TPSA) is 19.6 Å². The zero-order valence-corrected chi connectivity index (χ0v) is 45.2.